The van der Waals surface area contributed by atoms with Crippen LogP contribution in [0.4, 0.5) is 0 Å². The Morgan fingerprint density at radius 3 is 2.55 bits per heavy atom. The molecular formula is C24H24N4O3. The molecule has 158 valence electrons. The second-order valence-corrected chi connectivity index (χ2v) is 8.41. The van der Waals surface area contributed by atoms with Crippen LogP contribution in [0, 0.1) is 0 Å². The summed E-state index contributed by atoms with van der Waals surface area (Å²) in [4.78, 5) is 21.6. The third kappa shape index (κ3) is 3.13. The highest BCUT2D eigenvalue weighted by molar-refractivity contribution is 5.84. The van der Waals surface area contributed by atoms with E-state index in [0.717, 1.165) is 34.4 Å². The molecule has 7 heteroatoms. The van der Waals surface area contributed by atoms with Crippen molar-refractivity contribution in [1.82, 2.24) is 19.3 Å². The maximum absolute atomic E-state index is 13.0. The van der Waals surface area contributed by atoms with Crippen molar-refractivity contribution in [3.63, 3.8) is 0 Å². The lowest BCUT2D eigenvalue weighted by Gasteiger charge is -2.18. The van der Waals surface area contributed by atoms with Gasteiger partial charge in [-0.1, -0.05) is 24.3 Å². The number of hydrogen-bond donors (Lipinski definition) is 1. The summed E-state index contributed by atoms with van der Waals surface area (Å²) in [5.74, 6) is 1.19. The molecule has 1 aliphatic heterocycles. The van der Waals surface area contributed by atoms with Gasteiger partial charge in [0.2, 0.25) is 0 Å². The highest BCUT2D eigenvalue weighted by atomic mass is 16.5. The average Bonchev–Trinajstić information content (AvgIpc) is 3.33. The zero-order valence-corrected chi connectivity index (χ0v) is 17.7. The number of rotatable bonds is 4. The molecule has 1 aliphatic rings. The fraction of sp³-hybridized carbons (Fsp3) is 0.292. The molecule has 0 fully saturated rings. The van der Waals surface area contributed by atoms with Crippen LogP contribution in [0.3, 0.4) is 0 Å². The van der Waals surface area contributed by atoms with Crippen LogP contribution >= 0.6 is 0 Å². The molecule has 0 unspecified atom stereocenters. The van der Waals surface area contributed by atoms with Gasteiger partial charge in [-0.25, -0.2) is 14.6 Å². The summed E-state index contributed by atoms with van der Waals surface area (Å²) < 4.78 is 9.49. The van der Waals surface area contributed by atoms with E-state index in [2.05, 4.69) is 20.7 Å². The van der Waals surface area contributed by atoms with Crippen LogP contribution in [0.25, 0.3) is 22.0 Å². The summed E-state index contributed by atoms with van der Waals surface area (Å²) in [6.45, 7) is 3.97. The molecule has 31 heavy (non-hydrogen) atoms. The molecule has 0 saturated carbocycles. The van der Waals surface area contributed by atoms with Crippen molar-refractivity contribution in [2.24, 2.45) is 0 Å². The van der Waals surface area contributed by atoms with Crippen molar-refractivity contribution in [2.45, 2.75) is 38.5 Å². The summed E-state index contributed by atoms with van der Waals surface area (Å²) in [5, 5.41) is 10.8. The number of fused-ring (bicyclic) bond motifs is 3. The van der Waals surface area contributed by atoms with Crippen molar-refractivity contribution in [3.05, 3.63) is 76.6 Å². The van der Waals surface area contributed by atoms with E-state index in [1.165, 1.54) is 0 Å². The molecule has 3 heterocycles. The number of aromatic nitrogens is 4. The molecule has 5 rings (SSSR count). The first-order valence-corrected chi connectivity index (χ1v) is 10.3. The van der Waals surface area contributed by atoms with E-state index in [0.29, 0.717) is 17.8 Å². The summed E-state index contributed by atoms with van der Waals surface area (Å²) in [6.07, 6.45) is 4.25. The second kappa shape index (κ2) is 7.06. The number of hydrogen-bond acceptors (Lipinski definition) is 5. The third-order valence-corrected chi connectivity index (χ3v) is 5.91. The molecule has 0 bridgehead atoms. The first-order chi connectivity index (χ1) is 14.9. The lowest BCUT2D eigenvalue weighted by Crippen LogP contribution is -2.19. The lowest BCUT2D eigenvalue weighted by molar-refractivity contribution is 0.0687. The molecule has 0 radical (unpaired) electrons. The minimum absolute atomic E-state index is 0.0189. The predicted molar refractivity (Wildman–Crippen MR) is 118 cm³/mol. The SMILES string of the molecule is COc1ccccc1[C@H]1CCn2c(=O)c3ccc(-c4cnc(C(C)(C)O)nc4)cc3n21. The van der Waals surface area contributed by atoms with E-state index in [1.54, 1.807) is 33.4 Å². The van der Waals surface area contributed by atoms with Gasteiger partial charge in [0.05, 0.1) is 24.1 Å². The fourth-order valence-corrected chi connectivity index (χ4v) is 4.38. The molecule has 2 aromatic heterocycles. The van der Waals surface area contributed by atoms with Gasteiger partial charge in [-0.2, -0.15) is 0 Å². The minimum atomic E-state index is -1.10. The number of methoxy groups -OCH3 is 1. The number of para-hydroxylation sites is 1. The van der Waals surface area contributed by atoms with Gasteiger partial charge in [0.25, 0.3) is 5.56 Å². The summed E-state index contributed by atoms with van der Waals surface area (Å²) in [5.41, 5.74) is 2.61. The van der Waals surface area contributed by atoms with Crippen LogP contribution in [0.2, 0.25) is 0 Å². The predicted octanol–water partition coefficient (Wildman–Crippen LogP) is 3.49. The monoisotopic (exact) mass is 416 g/mol. The lowest BCUT2D eigenvalue weighted by atomic mass is 10.0. The van der Waals surface area contributed by atoms with Crippen LogP contribution in [0.5, 0.6) is 5.75 Å². The Morgan fingerprint density at radius 2 is 1.84 bits per heavy atom. The normalized spacial score (nSPS) is 15.9. The molecule has 4 aromatic rings. The van der Waals surface area contributed by atoms with Crippen LogP contribution in [-0.2, 0) is 12.1 Å². The molecule has 1 atom stereocenters. The van der Waals surface area contributed by atoms with Crippen molar-refractivity contribution >= 4 is 10.9 Å². The minimum Gasteiger partial charge on any atom is -0.496 e. The van der Waals surface area contributed by atoms with Gasteiger partial charge in [-0.05, 0) is 44.0 Å². The number of benzene rings is 2. The smallest absolute Gasteiger partial charge is 0.274 e. The summed E-state index contributed by atoms with van der Waals surface area (Å²) in [7, 11) is 1.67. The highest BCUT2D eigenvalue weighted by Crippen LogP contribution is 2.36. The van der Waals surface area contributed by atoms with Crippen molar-refractivity contribution in [3.8, 4) is 16.9 Å². The van der Waals surface area contributed by atoms with Gasteiger partial charge in [-0.3, -0.25) is 9.48 Å². The van der Waals surface area contributed by atoms with Crippen molar-refractivity contribution < 1.29 is 9.84 Å². The largest absolute Gasteiger partial charge is 0.496 e. The standard InChI is InChI=1S/C24H24N4O3/c1-24(2,30)23-25-13-16(14-26-23)15-8-9-18-20(12-15)28-19(10-11-27(28)22(18)29)17-6-4-5-7-21(17)31-3/h4-9,12-14,19,30H,10-11H2,1-3H3/t19-/m1/s1. The number of ether oxygens (including phenoxy) is 1. The van der Waals surface area contributed by atoms with Gasteiger partial charge in [0.1, 0.15) is 11.4 Å². The molecule has 2 aromatic carbocycles. The molecular weight excluding hydrogens is 392 g/mol. The van der Waals surface area contributed by atoms with Crippen LogP contribution < -0.4 is 10.3 Å². The van der Waals surface area contributed by atoms with Crippen LogP contribution in [0.15, 0.2) is 59.7 Å². The average molecular weight is 416 g/mol. The van der Waals surface area contributed by atoms with Gasteiger partial charge < -0.3 is 9.84 Å². The number of nitrogens with zero attached hydrogens (tertiary/aromatic N) is 4. The van der Waals surface area contributed by atoms with E-state index < -0.39 is 5.60 Å². The topological polar surface area (TPSA) is 82.2 Å². The highest BCUT2D eigenvalue weighted by Gasteiger charge is 2.29. The Balaban J connectivity index is 1.64. The third-order valence-electron chi connectivity index (χ3n) is 5.91. The van der Waals surface area contributed by atoms with Gasteiger partial charge in [0.15, 0.2) is 5.82 Å². The van der Waals surface area contributed by atoms with Crippen LogP contribution in [0.1, 0.15) is 37.7 Å². The molecule has 7 nitrogen and oxygen atoms in total. The van der Waals surface area contributed by atoms with Crippen molar-refractivity contribution in [2.75, 3.05) is 7.11 Å². The Bertz CT molecular complexity index is 1330. The summed E-state index contributed by atoms with van der Waals surface area (Å²) in [6, 6.07) is 13.8. The fourth-order valence-electron chi connectivity index (χ4n) is 4.38. The van der Waals surface area contributed by atoms with E-state index >= 15 is 0 Å². The Labute approximate surface area is 179 Å². The van der Waals surface area contributed by atoms with E-state index in [4.69, 9.17) is 4.74 Å². The van der Waals surface area contributed by atoms with E-state index in [9.17, 15) is 9.90 Å². The number of aliphatic hydroxyl groups is 1. The molecule has 0 saturated heterocycles. The Hall–Kier alpha value is -3.45. The molecule has 1 N–H and O–H groups in total. The molecule has 0 amide bonds. The second-order valence-electron chi connectivity index (χ2n) is 8.41. The Kier molecular flexibility index (Phi) is 4.44. The van der Waals surface area contributed by atoms with Gasteiger partial charge in [0, 0.05) is 30.1 Å². The zero-order valence-electron chi connectivity index (χ0n) is 17.7. The maximum Gasteiger partial charge on any atom is 0.274 e. The first-order valence-electron chi connectivity index (χ1n) is 10.3. The summed E-state index contributed by atoms with van der Waals surface area (Å²) >= 11 is 0. The Morgan fingerprint density at radius 1 is 1.10 bits per heavy atom. The van der Waals surface area contributed by atoms with E-state index in [-0.39, 0.29) is 11.6 Å². The van der Waals surface area contributed by atoms with Gasteiger partial charge >= 0.3 is 0 Å². The zero-order chi connectivity index (χ0) is 21.8. The van der Waals surface area contributed by atoms with Gasteiger partial charge in [-0.15, -0.1) is 0 Å². The maximum atomic E-state index is 13.0. The van der Waals surface area contributed by atoms with Crippen LogP contribution in [-0.4, -0.2) is 31.5 Å². The first kappa shape index (κ1) is 19.5. The van der Waals surface area contributed by atoms with E-state index in [1.807, 2.05) is 41.1 Å². The van der Waals surface area contributed by atoms with Crippen molar-refractivity contribution in [1.29, 1.82) is 0 Å². The molecule has 0 spiro atoms. The molecule has 0 aliphatic carbocycles. The quantitative estimate of drug-likeness (QED) is 0.551.